The van der Waals surface area contributed by atoms with Crippen molar-refractivity contribution in [3.05, 3.63) is 11.9 Å². The van der Waals surface area contributed by atoms with E-state index in [0.29, 0.717) is 12.1 Å². The van der Waals surface area contributed by atoms with Crippen molar-refractivity contribution in [3.8, 4) is 0 Å². The van der Waals surface area contributed by atoms with Crippen LogP contribution >= 0.6 is 0 Å². The molecule has 2 aliphatic rings. The maximum atomic E-state index is 4.49. The van der Waals surface area contributed by atoms with E-state index in [2.05, 4.69) is 25.9 Å². The fraction of sp³-hybridized carbons (Fsp3) is 0.714. The first-order valence-electron chi connectivity index (χ1n) is 7.39. The van der Waals surface area contributed by atoms with E-state index >= 15 is 0 Å². The zero-order valence-electron chi connectivity index (χ0n) is 11.6. The number of aryl methyl sites for hydroxylation is 1. The van der Waals surface area contributed by atoms with Gasteiger partial charge in [0.1, 0.15) is 17.5 Å². The number of anilines is 2. The third kappa shape index (κ3) is 3.35. The van der Waals surface area contributed by atoms with Gasteiger partial charge >= 0.3 is 0 Å². The first kappa shape index (κ1) is 12.7. The molecule has 0 amide bonds. The van der Waals surface area contributed by atoms with E-state index in [-0.39, 0.29) is 0 Å². The maximum absolute atomic E-state index is 4.49. The van der Waals surface area contributed by atoms with Gasteiger partial charge in [0.05, 0.1) is 0 Å². The molecule has 1 aliphatic heterocycles. The molecule has 1 saturated carbocycles. The molecule has 1 aromatic heterocycles. The van der Waals surface area contributed by atoms with Crippen molar-refractivity contribution in [2.45, 2.75) is 51.1 Å². The van der Waals surface area contributed by atoms with Gasteiger partial charge < -0.3 is 16.0 Å². The predicted octanol–water partition coefficient (Wildman–Crippen LogP) is 1.91. The van der Waals surface area contributed by atoms with Crippen molar-refractivity contribution in [3.63, 3.8) is 0 Å². The lowest BCUT2D eigenvalue weighted by Crippen LogP contribution is -2.38. The van der Waals surface area contributed by atoms with Crippen molar-refractivity contribution in [1.82, 2.24) is 15.3 Å². The van der Waals surface area contributed by atoms with Gasteiger partial charge in [0.2, 0.25) is 0 Å². The SMILES string of the molecule is Cc1nc(NC2CCC2)cc(NC2CCCNC2)n1. The highest BCUT2D eigenvalue weighted by atomic mass is 15.1. The Hall–Kier alpha value is -1.36. The Kier molecular flexibility index (Phi) is 3.82. The van der Waals surface area contributed by atoms with Crippen molar-refractivity contribution in [1.29, 1.82) is 0 Å². The number of rotatable bonds is 4. The predicted molar refractivity (Wildman–Crippen MR) is 77.5 cm³/mol. The van der Waals surface area contributed by atoms with Gasteiger partial charge in [0.15, 0.2) is 0 Å². The fourth-order valence-corrected chi connectivity index (χ4v) is 2.66. The highest BCUT2D eigenvalue weighted by Crippen LogP contribution is 2.23. The molecule has 1 saturated heterocycles. The van der Waals surface area contributed by atoms with Crippen LogP contribution in [0.4, 0.5) is 11.6 Å². The van der Waals surface area contributed by atoms with E-state index in [9.17, 15) is 0 Å². The molecule has 104 valence electrons. The smallest absolute Gasteiger partial charge is 0.132 e. The Morgan fingerprint density at radius 3 is 2.32 bits per heavy atom. The summed E-state index contributed by atoms with van der Waals surface area (Å²) in [4.78, 5) is 8.96. The van der Waals surface area contributed by atoms with Crippen molar-refractivity contribution >= 4 is 11.6 Å². The molecule has 19 heavy (non-hydrogen) atoms. The Balaban J connectivity index is 1.65. The van der Waals surface area contributed by atoms with Crippen LogP contribution in [0.25, 0.3) is 0 Å². The molecule has 1 aliphatic carbocycles. The lowest BCUT2D eigenvalue weighted by molar-refractivity contribution is 0.444. The first-order chi connectivity index (χ1) is 9.29. The molecule has 3 N–H and O–H groups in total. The Labute approximate surface area is 114 Å². The third-order valence-corrected chi connectivity index (χ3v) is 3.94. The van der Waals surface area contributed by atoms with Crippen molar-refractivity contribution in [2.24, 2.45) is 0 Å². The van der Waals surface area contributed by atoms with Crippen LogP contribution in [0.2, 0.25) is 0 Å². The molecule has 1 unspecified atom stereocenters. The first-order valence-corrected chi connectivity index (χ1v) is 7.39. The van der Waals surface area contributed by atoms with Gasteiger partial charge in [-0.3, -0.25) is 0 Å². The van der Waals surface area contributed by atoms with Gasteiger partial charge in [-0.25, -0.2) is 9.97 Å². The van der Waals surface area contributed by atoms with E-state index in [1.54, 1.807) is 0 Å². The molecular weight excluding hydrogens is 238 g/mol. The van der Waals surface area contributed by atoms with Gasteiger partial charge in [-0.15, -0.1) is 0 Å². The molecule has 3 rings (SSSR count). The van der Waals surface area contributed by atoms with Crippen LogP contribution in [-0.2, 0) is 0 Å². The number of hydrogen-bond acceptors (Lipinski definition) is 5. The van der Waals surface area contributed by atoms with Crippen LogP contribution < -0.4 is 16.0 Å². The van der Waals surface area contributed by atoms with Crippen LogP contribution in [0, 0.1) is 6.92 Å². The monoisotopic (exact) mass is 261 g/mol. The number of piperidine rings is 1. The molecular formula is C14H23N5. The maximum Gasteiger partial charge on any atom is 0.132 e. The minimum absolute atomic E-state index is 0.486. The summed E-state index contributed by atoms with van der Waals surface area (Å²) in [7, 11) is 0. The second-order valence-corrected chi connectivity index (χ2v) is 5.65. The molecule has 2 fully saturated rings. The standard InChI is InChI=1S/C14H23N5/c1-10-16-13(18-11-4-2-5-11)8-14(17-10)19-12-6-3-7-15-9-12/h8,11-12,15H,2-7,9H2,1H3,(H2,16,17,18,19). The molecule has 0 radical (unpaired) electrons. The number of nitrogens with one attached hydrogen (secondary N) is 3. The van der Waals surface area contributed by atoms with E-state index in [1.165, 1.54) is 32.1 Å². The Morgan fingerprint density at radius 1 is 1.05 bits per heavy atom. The lowest BCUT2D eigenvalue weighted by atomic mass is 9.93. The summed E-state index contributed by atoms with van der Waals surface area (Å²) in [5, 5.41) is 10.4. The molecule has 0 bridgehead atoms. The van der Waals surface area contributed by atoms with Crippen LogP contribution in [0.3, 0.4) is 0 Å². The zero-order valence-corrected chi connectivity index (χ0v) is 11.6. The van der Waals surface area contributed by atoms with E-state index in [1.807, 2.05) is 13.0 Å². The van der Waals surface area contributed by atoms with Gasteiger partial charge in [0, 0.05) is 24.7 Å². The average Bonchev–Trinajstić information content (AvgIpc) is 2.34. The Morgan fingerprint density at radius 2 is 1.74 bits per heavy atom. The van der Waals surface area contributed by atoms with Gasteiger partial charge in [-0.2, -0.15) is 0 Å². The summed E-state index contributed by atoms with van der Waals surface area (Å²) >= 11 is 0. The van der Waals surface area contributed by atoms with Crippen molar-refractivity contribution < 1.29 is 0 Å². The molecule has 0 spiro atoms. The number of nitrogens with zero attached hydrogens (tertiary/aromatic N) is 2. The highest BCUT2D eigenvalue weighted by molar-refractivity contribution is 5.48. The summed E-state index contributed by atoms with van der Waals surface area (Å²) in [5.74, 6) is 2.74. The zero-order chi connectivity index (χ0) is 13.1. The number of aromatic nitrogens is 2. The molecule has 5 heteroatoms. The molecule has 0 aromatic carbocycles. The summed E-state index contributed by atoms with van der Waals surface area (Å²) in [5.41, 5.74) is 0. The van der Waals surface area contributed by atoms with Gasteiger partial charge in [-0.1, -0.05) is 0 Å². The van der Waals surface area contributed by atoms with Crippen molar-refractivity contribution in [2.75, 3.05) is 23.7 Å². The van der Waals surface area contributed by atoms with Crippen LogP contribution in [0.1, 0.15) is 37.9 Å². The minimum atomic E-state index is 0.486. The normalized spacial score (nSPS) is 23.7. The van der Waals surface area contributed by atoms with Gasteiger partial charge in [-0.05, 0) is 45.6 Å². The molecule has 5 nitrogen and oxygen atoms in total. The van der Waals surface area contributed by atoms with Crippen LogP contribution in [-0.4, -0.2) is 35.1 Å². The summed E-state index contributed by atoms with van der Waals surface area (Å²) in [6.07, 6.45) is 6.30. The second-order valence-electron chi connectivity index (χ2n) is 5.65. The van der Waals surface area contributed by atoms with Crippen LogP contribution in [0.5, 0.6) is 0 Å². The Bertz CT molecular complexity index is 424. The summed E-state index contributed by atoms with van der Waals surface area (Å²) < 4.78 is 0. The number of hydrogen-bond donors (Lipinski definition) is 3. The third-order valence-electron chi connectivity index (χ3n) is 3.94. The largest absolute Gasteiger partial charge is 0.367 e. The lowest BCUT2D eigenvalue weighted by Gasteiger charge is -2.28. The van der Waals surface area contributed by atoms with E-state index in [0.717, 1.165) is 30.5 Å². The van der Waals surface area contributed by atoms with Gasteiger partial charge in [0.25, 0.3) is 0 Å². The van der Waals surface area contributed by atoms with E-state index < -0.39 is 0 Å². The summed E-state index contributed by atoms with van der Waals surface area (Å²) in [6.45, 7) is 4.11. The topological polar surface area (TPSA) is 61.9 Å². The minimum Gasteiger partial charge on any atom is -0.367 e. The van der Waals surface area contributed by atoms with Crippen LogP contribution in [0.15, 0.2) is 6.07 Å². The average molecular weight is 261 g/mol. The molecule has 1 atom stereocenters. The fourth-order valence-electron chi connectivity index (χ4n) is 2.66. The second kappa shape index (κ2) is 5.74. The molecule has 1 aromatic rings. The molecule has 2 heterocycles. The highest BCUT2D eigenvalue weighted by Gasteiger charge is 2.18. The summed E-state index contributed by atoms with van der Waals surface area (Å²) in [6, 6.07) is 3.14. The van der Waals surface area contributed by atoms with E-state index in [4.69, 9.17) is 0 Å². The quantitative estimate of drug-likeness (QED) is 0.773.